The van der Waals surface area contributed by atoms with Crippen molar-refractivity contribution in [2.24, 2.45) is 13.0 Å². The molecule has 3 amide bonds. The van der Waals surface area contributed by atoms with Crippen molar-refractivity contribution in [3.05, 3.63) is 70.2 Å². The summed E-state index contributed by atoms with van der Waals surface area (Å²) in [7, 11) is 3.75. The van der Waals surface area contributed by atoms with Crippen molar-refractivity contribution in [3.63, 3.8) is 0 Å². The number of aryl methyl sites for hydroxylation is 1. The Hall–Kier alpha value is -5.97. The Bertz CT molecular complexity index is 2620. The maximum Gasteiger partial charge on any atom is 0.329 e. The summed E-state index contributed by atoms with van der Waals surface area (Å²) < 4.78 is 34.7. The Labute approximate surface area is 356 Å². The maximum atomic E-state index is 14.3. The lowest BCUT2D eigenvalue weighted by Gasteiger charge is -2.37. The molecule has 0 radical (unpaired) electrons. The van der Waals surface area contributed by atoms with E-state index in [1.54, 1.807) is 24.1 Å². The predicted molar refractivity (Wildman–Crippen MR) is 227 cm³/mol. The fraction of sp³-hybridized carbons (Fsp3) is 0.512. The quantitative estimate of drug-likeness (QED) is 0.166. The average Bonchev–Trinajstić information content (AvgIpc) is 3.96. The van der Waals surface area contributed by atoms with E-state index in [9.17, 15) is 28.0 Å². The summed E-state index contributed by atoms with van der Waals surface area (Å²) in [5.74, 6) is 6.44. The summed E-state index contributed by atoms with van der Waals surface area (Å²) >= 11 is 0. The minimum absolute atomic E-state index is 0.00389. The van der Waals surface area contributed by atoms with Crippen molar-refractivity contribution in [1.82, 2.24) is 53.5 Å². The lowest BCUT2D eigenvalue weighted by Crippen LogP contribution is -2.48. The Kier molecular flexibility index (Phi) is 11.6. The minimum Gasteiger partial charge on any atom is -0.354 e. The molecule has 1 aromatic carbocycles. The topological polar surface area (TPSA) is 163 Å². The number of benzene rings is 1. The van der Waals surface area contributed by atoms with E-state index in [1.165, 1.54) is 19.8 Å². The summed E-state index contributed by atoms with van der Waals surface area (Å²) in [4.78, 5) is 65.1. The molecule has 4 aromatic heterocycles. The van der Waals surface area contributed by atoms with Crippen LogP contribution in [0.25, 0.3) is 16.7 Å². The molecule has 4 fully saturated rings. The molecule has 2 N–H and O–H groups in total. The van der Waals surface area contributed by atoms with Crippen molar-refractivity contribution in [3.8, 4) is 11.8 Å². The van der Waals surface area contributed by atoms with Gasteiger partial charge in [0.05, 0.1) is 41.1 Å². The van der Waals surface area contributed by atoms with Gasteiger partial charge >= 0.3 is 5.69 Å². The highest BCUT2D eigenvalue weighted by Crippen LogP contribution is 2.35. The van der Waals surface area contributed by atoms with Gasteiger partial charge in [0, 0.05) is 84.8 Å². The predicted octanol–water partition coefficient (Wildman–Crippen LogP) is 2.90. The van der Waals surface area contributed by atoms with Crippen LogP contribution < -0.4 is 21.2 Å². The first-order chi connectivity index (χ1) is 30.0. The summed E-state index contributed by atoms with van der Waals surface area (Å²) in [6, 6.07) is 6.60. The lowest BCUT2D eigenvalue weighted by atomic mass is 9.85. The largest absolute Gasteiger partial charge is 0.354 e. The van der Waals surface area contributed by atoms with Gasteiger partial charge in [-0.05, 0) is 63.3 Å². The Morgan fingerprint density at radius 2 is 1.71 bits per heavy atom. The fourth-order valence-corrected chi connectivity index (χ4v) is 9.37. The maximum absolute atomic E-state index is 14.3. The Morgan fingerprint density at radius 3 is 2.45 bits per heavy atom. The molecule has 1 aliphatic carbocycles. The van der Waals surface area contributed by atoms with Gasteiger partial charge in [-0.1, -0.05) is 17.9 Å². The van der Waals surface area contributed by atoms with Gasteiger partial charge in [-0.3, -0.25) is 38.4 Å². The number of hydrogen-bond acceptors (Lipinski definition) is 11. The number of likely N-dealkylation sites (N-methyl/N-ethyl adjacent to an activating group) is 1. The number of imidazole rings is 1. The smallest absolute Gasteiger partial charge is 0.329 e. The number of halogens is 2. The summed E-state index contributed by atoms with van der Waals surface area (Å²) in [6.45, 7) is 8.56. The second kappa shape index (κ2) is 17.4. The highest BCUT2D eigenvalue weighted by atomic mass is 19.3. The molecule has 62 heavy (non-hydrogen) atoms. The number of nitrogens with one attached hydrogen (secondary N) is 2. The van der Waals surface area contributed by atoms with Gasteiger partial charge in [-0.25, -0.2) is 23.1 Å². The molecule has 17 nitrogen and oxygen atoms in total. The highest BCUT2D eigenvalue weighted by molar-refractivity contribution is 6.08. The molecule has 3 aliphatic heterocycles. The molecule has 19 heteroatoms. The van der Waals surface area contributed by atoms with E-state index in [0.29, 0.717) is 34.7 Å². The van der Waals surface area contributed by atoms with Crippen LogP contribution in [-0.4, -0.2) is 138 Å². The van der Waals surface area contributed by atoms with Gasteiger partial charge in [0.1, 0.15) is 17.4 Å². The van der Waals surface area contributed by atoms with Crippen LogP contribution in [0, 0.1) is 17.8 Å². The second-order valence-corrected chi connectivity index (χ2v) is 17.0. The molecule has 0 bridgehead atoms. The molecule has 3 saturated heterocycles. The van der Waals surface area contributed by atoms with E-state index in [-0.39, 0.29) is 41.7 Å². The normalized spacial score (nSPS) is 22.0. The summed E-state index contributed by atoms with van der Waals surface area (Å²) in [5, 5.41) is 13.6. The zero-order valence-electron chi connectivity index (χ0n) is 35.0. The van der Waals surface area contributed by atoms with Crippen molar-refractivity contribution in [1.29, 1.82) is 0 Å². The van der Waals surface area contributed by atoms with Crippen molar-refractivity contribution in [2.45, 2.75) is 57.0 Å². The van der Waals surface area contributed by atoms with Crippen LogP contribution in [0.5, 0.6) is 0 Å². The third-order valence-electron chi connectivity index (χ3n) is 13.0. The van der Waals surface area contributed by atoms with E-state index in [0.717, 1.165) is 90.4 Å². The number of carbonyl (C=O) groups is 3. The third kappa shape index (κ3) is 8.33. The van der Waals surface area contributed by atoms with E-state index >= 15 is 0 Å². The third-order valence-corrected chi connectivity index (χ3v) is 13.0. The van der Waals surface area contributed by atoms with Gasteiger partial charge in [0.25, 0.3) is 12.3 Å². The number of amides is 3. The van der Waals surface area contributed by atoms with Crippen molar-refractivity contribution < 1.29 is 23.2 Å². The number of carbonyl (C=O) groups excluding carboxylic acids is 3. The molecule has 0 spiro atoms. The van der Waals surface area contributed by atoms with Crippen LogP contribution in [0.15, 0.2) is 47.7 Å². The number of alkyl halides is 2. The molecular weight excluding hydrogens is 801 g/mol. The fourth-order valence-electron chi connectivity index (χ4n) is 9.37. The van der Waals surface area contributed by atoms with E-state index in [4.69, 9.17) is 4.98 Å². The van der Waals surface area contributed by atoms with Gasteiger partial charge < -0.3 is 20.0 Å². The van der Waals surface area contributed by atoms with E-state index < -0.39 is 30.0 Å². The molecule has 4 aliphatic rings. The summed E-state index contributed by atoms with van der Waals surface area (Å²) in [6.07, 6.45) is 5.82. The SMILES string of the molecule is CN1CCN(c2ccn3ncc(C(=O)Nc4cn(C5CCC(CN6CCN(CC#Cc7cccc8c7n(C)c(=O)n8C7CCC(=O)NC7=O)CC6)CC5)nc4C(F)F)c3n2)CC1. The first-order valence-corrected chi connectivity index (χ1v) is 21.4. The van der Waals surface area contributed by atoms with E-state index in [1.807, 2.05) is 24.3 Å². The van der Waals surface area contributed by atoms with Crippen LogP contribution in [0.1, 0.15) is 78.6 Å². The number of para-hydroxylation sites is 1. The number of piperidine rings is 1. The molecule has 7 heterocycles. The second-order valence-electron chi connectivity index (χ2n) is 17.0. The molecular formula is C43H51F2N13O4. The standard InChI is InChI=1S/C43H51F2N13O4/c1-51-17-23-55(24-18-51)35-14-16-56-40(48-35)31(25-46-56)41(60)47-32-27-57(50-37(32)39(44)45)30-10-8-28(9-11-30)26-54-21-19-53(20-22-54)15-4-6-29-5-3-7-33-38(29)52(2)43(62)58(33)34-12-13-36(59)49-42(34)61/h3,5,7,14,16,25,27-28,30,34,39H,8-13,15,17-24,26H2,1-2H3,(H,47,60)(H,49,59,61). The van der Waals surface area contributed by atoms with Crippen molar-refractivity contribution >= 4 is 45.9 Å². The lowest BCUT2D eigenvalue weighted by molar-refractivity contribution is -0.135. The minimum atomic E-state index is -2.86. The number of fused-ring (bicyclic) bond motifs is 2. The van der Waals surface area contributed by atoms with Crippen LogP contribution in [0.4, 0.5) is 20.3 Å². The van der Waals surface area contributed by atoms with Gasteiger partial charge in [-0.2, -0.15) is 10.2 Å². The zero-order valence-corrected chi connectivity index (χ0v) is 35.0. The molecule has 1 unspecified atom stereocenters. The van der Waals surface area contributed by atoms with Gasteiger partial charge in [-0.15, -0.1) is 0 Å². The number of hydrogen-bond donors (Lipinski definition) is 2. The molecule has 1 saturated carbocycles. The van der Waals surface area contributed by atoms with E-state index in [2.05, 4.69) is 59.3 Å². The number of piperazine rings is 2. The molecule has 326 valence electrons. The first kappa shape index (κ1) is 41.4. The number of rotatable bonds is 9. The number of nitrogens with zero attached hydrogens (tertiary/aromatic N) is 11. The van der Waals surface area contributed by atoms with Crippen molar-refractivity contribution in [2.75, 3.05) is 82.7 Å². The summed E-state index contributed by atoms with van der Waals surface area (Å²) in [5.41, 5.74) is 1.78. The Balaban J connectivity index is 0.767. The van der Waals surface area contributed by atoms with Gasteiger partial charge in [0.15, 0.2) is 11.3 Å². The average molecular weight is 852 g/mol. The van der Waals surface area contributed by atoms with Crippen LogP contribution in [-0.2, 0) is 16.6 Å². The highest BCUT2D eigenvalue weighted by Gasteiger charge is 2.32. The van der Waals surface area contributed by atoms with Crippen LogP contribution >= 0.6 is 0 Å². The van der Waals surface area contributed by atoms with Gasteiger partial charge in [0.2, 0.25) is 11.8 Å². The Morgan fingerprint density at radius 1 is 0.952 bits per heavy atom. The molecule has 9 rings (SSSR count). The monoisotopic (exact) mass is 851 g/mol. The number of anilines is 2. The number of aromatic nitrogens is 7. The first-order valence-electron chi connectivity index (χ1n) is 21.4. The molecule has 5 aromatic rings. The number of imide groups is 1. The zero-order chi connectivity index (χ0) is 43.1. The van der Waals surface area contributed by atoms with Crippen LogP contribution in [0.3, 0.4) is 0 Å². The molecule has 1 atom stereocenters. The van der Waals surface area contributed by atoms with Crippen LogP contribution in [0.2, 0.25) is 0 Å².